The molecule has 0 bridgehead atoms. The molecule has 7 heteroatoms. The van der Waals surface area contributed by atoms with E-state index in [4.69, 9.17) is 9.52 Å². The Hall–Kier alpha value is -4.39. The fourth-order valence-electron chi connectivity index (χ4n) is 4.08. The Morgan fingerprint density at radius 1 is 0.971 bits per heavy atom. The van der Waals surface area contributed by atoms with E-state index in [2.05, 4.69) is 17.4 Å². The summed E-state index contributed by atoms with van der Waals surface area (Å²) in [6.45, 7) is 2.60. The summed E-state index contributed by atoms with van der Waals surface area (Å²) in [6, 6.07) is 26.3. The van der Waals surface area contributed by atoms with E-state index in [0.29, 0.717) is 17.6 Å². The average Bonchev–Trinajstić information content (AvgIpc) is 3.42. The highest BCUT2D eigenvalue weighted by molar-refractivity contribution is 5.83. The number of benzene rings is 3. The fraction of sp³-hybridized carbons (Fsp3) is 0.148. The lowest BCUT2D eigenvalue weighted by Gasteiger charge is -2.13. The van der Waals surface area contributed by atoms with E-state index < -0.39 is 11.8 Å². The Kier molecular flexibility index (Phi) is 5.82. The van der Waals surface area contributed by atoms with Gasteiger partial charge in [-0.25, -0.2) is 4.79 Å². The first-order chi connectivity index (χ1) is 16.6. The van der Waals surface area contributed by atoms with Crippen molar-refractivity contribution in [3.63, 3.8) is 0 Å². The summed E-state index contributed by atoms with van der Waals surface area (Å²) in [5, 5.41) is 7.77. The van der Waals surface area contributed by atoms with Crippen molar-refractivity contribution in [3.05, 3.63) is 113 Å². The van der Waals surface area contributed by atoms with Crippen LogP contribution < -0.4 is 11.1 Å². The molecule has 0 aliphatic rings. The van der Waals surface area contributed by atoms with Crippen LogP contribution in [-0.2, 0) is 17.9 Å². The Morgan fingerprint density at radius 3 is 2.41 bits per heavy atom. The predicted octanol–water partition coefficient (Wildman–Crippen LogP) is 4.38. The smallest absolute Gasteiger partial charge is 0.408 e. The van der Waals surface area contributed by atoms with Gasteiger partial charge in [0.2, 0.25) is 5.91 Å². The van der Waals surface area contributed by atoms with Gasteiger partial charge in [0, 0.05) is 23.9 Å². The van der Waals surface area contributed by atoms with E-state index >= 15 is 0 Å². The van der Waals surface area contributed by atoms with Crippen LogP contribution in [-0.4, -0.2) is 20.3 Å². The van der Waals surface area contributed by atoms with Gasteiger partial charge in [-0.05, 0) is 24.6 Å². The van der Waals surface area contributed by atoms with Gasteiger partial charge < -0.3 is 9.73 Å². The van der Waals surface area contributed by atoms with Crippen LogP contribution in [0.15, 0.2) is 100 Å². The minimum Gasteiger partial charge on any atom is -0.408 e. The van der Waals surface area contributed by atoms with Crippen LogP contribution in [0.3, 0.4) is 0 Å². The average molecular weight is 453 g/mol. The third kappa shape index (κ3) is 4.28. The van der Waals surface area contributed by atoms with Crippen molar-refractivity contribution in [1.29, 1.82) is 0 Å². The highest BCUT2D eigenvalue weighted by atomic mass is 16.4. The quantitative estimate of drug-likeness (QED) is 0.397. The zero-order valence-electron chi connectivity index (χ0n) is 18.7. The lowest BCUT2D eigenvalue weighted by Crippen LogP contribution is -2.34. The van der Waals surface area contributed by atoms with Gasteiger partial charge in [-0.1, -0.05) is 72.8 Å². The van der Waals surface area contributed by atoms with Gasteiger partial charge in [0.05, 0.1) is 17.8 Å². The van der Waals surface area contributed by atoms with Crippen molar-refractivity contribution >= 4 is 17.0 Å². The summed E-state index contributed by atoms with van der Waals surface area (Å²) in [5.41, 5.74) is 4.88. The van der Waals surface area contributed by atoms with Crippen LogP contribution in [0, 0.1) is 0 Å². The summed E-state index contributed by atoms with van der Waals surface area (Å²) in [7, 11) is 0. The summed E-state index contributed by atoms with van der Waals surface area (Å²) >= 11 is 0. The number of hydrogen-bond acceptors (Lipinski definition) is 4. The molecule has 34 heavy (non-hydrogen) atoms. The number of hydrogen-bond donors (Lipinski definition) is 1. The van der Waals surface area contributed by atoms with Crippen LogP contribution in [0.1, 0.15) is 24.1 Å². The number of fused-ring (bicyclic) bond motifs is 1. The number of amides is 1. The van der Waals surface area contributed by atoms with E-state index in [1.54, 1.807) is 25.1 Å². The maximum Gasteiger partial charge on any atom is 0.420 e. The van der Waals surface area contributed by atoms with Crippen molar-refractivity contribution in [3.8, 4) is 11.3 Å². The molecule has 7 nitrogen and oxygen atoms in total. The standard InChI is InChI=1S/C27H24N4O3/c1-19(31-23-14-8-9-15-24(23)34-27(31)33)26(32)28-16-22-18-30(17-20-10-4-2-5-11-20)29-25(22)21-12-6-3-7-13-21/h2-15,18-19H,16-17H2,1H3,(H,28,32)/t19-/m0/s1. The van der Waals surface area contributed by atoms with Crippen LogP contribution in [0.2, 0.25) is 0 Å². The van der Waals surface area contributed by atoms with Crippen LogP contribution in [0.5, 0.6) is 0 Å². The molecule has 3 aromatic carbocycles. The van der Waals surface area contributed by atoms with Gasteiger partial charge in [-0.2, -0.15) is 5.10 Å². The maximum absolute atomic E-state index is 13.0. The van der Waals surface area contributed by atoms with E-state index in [1.807, 2.05) is 65.5 Å². The van der Waals surface area contributed by atoms with E-state index in [-0.39, 0.29) is 12.5 Å². The summed E-state index contributed by atoms with van der Waals surface area (Å²) in [6.07, 6.45) is 1.96. The molecule has 0 saturated carbocycles. The molecule has 2 heterocycles. The second kappa shape index (κ2) is 9.23. The fourth-order valence-corrected chi connectivity index (χ4v) is 4.08. The molecule has 0 aliphatic carbocycles. The minimum absolute atomic E-state index is 0.275. The predicted molar refractivity (Wildman–Crippen MR) is 130 cm³/mol. The largest absolute Gasteiger partial charge is 0.420 e. The highest BCUT2D eigenvalue weighted by Gasteiger charge is 2.22. The van der Waals surface area contributed by atoms with Gasteiger partial charge in [-0.15, -0.1) is 0 Å². The van der Waals surface area contributed by atoms with Crippen LogP contribution in [0.4, 0.5) is 0 Å². The number of nitrogens with one attached hydrogen (secondary N) is 1. The number of carbonyl (C=O) groups is 1. The molecular formula is C27H24N4O3. The first-order valence-electron chi connectivity index (χ1n) is 11.1. The van der Waals surface area contributed by atoms with Crippen molar-refractivity contribution < 1.29 is 9.21 Å². The lowest BCUT2D eigenvalue weighted by molar-refractivity contribution is -0.124. The molecule has 0 unspecified atom stereocenters. The Bertz CT molecular complexity index is 1480. The molecule has 1 amide bonds. The van der Waals surface area contributed by atoms with Crippen molar-refractivity contribution in [1.82, 2.24) is 19.7 Å². The molecule has 0 spiro atoms. The first-order valence-corrected chi connectivity index (χ1v) is 11.1. The molecule has 0 aliphatic heterocycles. The number of nitrogens with zero attached hydrogens (tertiary/aromatic N) is 3. The second-order valence-corrected chi connectivity index (χ2v) is 8.15. The number of para-hydroxylation sites is 2. The zero-order valence-corrected chi connectivity index (χ0v) is 18.7. The van der Waals surface area contributed by atoms with Crippen LogP contribution in [0.25, 0.3) is 22.4 Å². The topological polar surface area (TPSA) is 82.1 Å². The minimum atomic E-state index is -0.726. The zero-order chi connectivity index (χ0) is 23.5. The molecule has 0 saturated heterocycles. The van der Waals surface area contributed by atoms with Crippen molar-refractivity contribution in [2.24, 2.45) is 0 Å². The molecule has 0 radical (unpaired) electrons. The molecule has 0 fully saturated rings. The summed E-state index contributed by atoms with van der Waals surface area (Å²) in [5.74, 6) is -0.826. The van der Waals surface area contributed by atoms with E-state index in [9.17, 15) is 9.59 Å². The monoisotopic (exact) mass is 452 g/mol. The van der Waals surface area contributed by atoms with Gasteiger partial charge in [0.1, 0.15) is 6.04 Å². The maximum atomic E-state index is 13.0. The number of carbonyl (C=O) groups excluding carboxylic acids is 1. The molecule has 5 aromatic rings. The van der Waals surface area contributed by atoms with Crippen molar-refractivity contribution in [2.75, 3.05) is 0 Å². The Morgan fingerprint density at radius 2 is 1.65 bits per heavy atom. The lowest BCUT2D eigenvalue weighted by atomic mass is 10.1. The second-order valence-electron chi connectivity index (χ2n) is 8.15. The van der Waals surface area contributed by atoms with Gasteiger partial charge in [-0.3, -0.25) is 14.0 Å². The third-order valence-electron chi connectivity index (χ3n) is 5.81. The normalized spacial score (nSPS) is 12.0. The molecular weight excluding hydrogens is 428 g/mol. The molecule has 1 atom stereocenters. The number of oxazole rings is 1. The van der Waals surface area contributed by atoms with E-state index in [1.165, 1.54) is 4.57 Å². The third-order valence-corrected chi connectivity index (χ3v) is 5.81. The van der Waals surface area contributed by atoms with E-state index in [0.717, 1.165) is 22.4 Å². The molecule has 1 N–H and O–H groups in total. The Balaban J connectivity index is 1.39. The molecule has 5 rings (SSSR count). The summed E-state index contributed by atoms with van der Waals surface area (Å²) < 4.78 is 8.55. The summed E-state index contributed by atoms with van der Waals surface area (Å²) in [4.78, 5) is 25.4. The van der Waals surface area contributed by atoms with Crippen molar-refractivity contribution in [2.45, 2.75) is 26.1 Å². The first kappa shape index (κ1) is 21.5. The van der Waals surface area contributed by atoms with Crippen LogP contribution >= 0.6 is 0 Å². The highest BCUT2D eigenvalue weighted by Crippen LogP contribution is 2.23. The Labute approximate surface area is 196 Å². The van der Waals surface area contributed by atoms with Gasteiger partial charge in [0.15, 0.2) is 5.58 Å². The van der Waals surface area contributed by atoms with Gasteiger partial charge in [0.25, 0.3) is 0 Å². The SMILES string of the molecule is C[C@@H](C(=O)NCc1cn(Cc2ccccc2)nc1-c1ccccc1)n1c(=O)oc2ccccc21. The molecule has 170 valence electrons. The number of aromatic nitrogens is 3. The number of rotatable bonds is 7. The molecule has 2 aromatic heterocycles. The van der Waals surface area contributed by atoms with Gasteiger partial charge >= 0.3 is 5.76 Å².